The molecule has 0 N–H and O–H groups in total. The van der Waals surface area contributed by atoms with Gasteiger partial charge in [-0.2, -0.15) is 0 Å². The summed E-state index contributed by atoms with van der Waals surface area (Å²) in [4.78, 5) is 0. The molecule has 0 amide bonds. The van der Waals surface area contributed by atoms with Crippen molar-refractivity contribution in [3.63, 3.8) is 0 Å². The lowest BCUT2D eigenvalue weighted by molar-refractivity contribution is -0.702. The fourth-order valence-electron chi connectivity index (χ4n) is 1.70. The lowest BCUT2D eigenvalue weighted by atomic mass is 9.91. The zero-order valence-electron chi connectivity index (χ0n) is 10.7. The van der Waals surface area contributed by atoms with E-state index in [4.69, 9.17) is 0 Å². The monoisotopic (exact) mass is 206 g/mol. The van der Waals surface area contributed by atoms with Crippen molar-refractivity contribution in [1.82, 2.24) is 0 Å². The van der Waals surface area contributed by atoms with Gasteiger partial charge in [-0.15, -0.1) is 0 Å². The minimum atomic E-state index is 0.652. The van der Waals surface area contributed by atoms with Gasteiger partial charge in [-0.1, -0.05) is 34.6 Å². The summed E-state index contributed by atoms with van der Waals surface area (Å²) < 4.78 is 2.27. The molecule has 1 aromatic heterocycles. The maximum atomic E-state index is 2.30. The second-order valence-corrected chi connectivity index (χ2v) is 5.25. The van der Waals surface area contributed by atoms with Crippen molar-refractivity contribution >= 4 is 0 Å². The number of hydrogen-bond acceptors (Lipinski definition) is 0. The predicted molar refractivity (Wildman–Crippen MR) is 64.7 cm³/mol. The molecule has 0 saturated heterocycles. The van der Waals surface area contributed by atoms with Gasteiger partial charge < -0.3 is 0 Å². The van der Waals surface area contributed by atoms with Gasteiger partial charge in [0.1, 0.15) is 0 Å². The third kappa shape index (κ3) is 3.65. The summed E-state index contributed by atoms with van der Waals surface area (Å²) in [5, 5.41) is 0. The van der Waals surface area contributed by atoms with E-state index in [0.717, 1.165) is 6.54 Å². The zero-order chi connectivity index (χ0) is 11.4. The van der Waals surface area contributed by atoms with Crippen LogP contribution in [-0.2, 0) is 6.54 Å². The first-order valence-electron chi connectivity index (χ1n) is 5.99. The summed E-state index contributed by atoms with van der Waals surface area (Å²) in [6.45, 7) is 12.5. The highest BCUT2D eigenvalue weighted by atomic mass is 14.9. The van der Waals surface area contributed by atoms with Gasteiger partial charge >= 0.3 is 0 Å². The van der Waals surface area contributed by atoms with Crippen LogP contribution in [-0.4, -0.2) is 0 Å². The van der Waals surface area contributed by atoms with E-state index in [0.29, 0.717) is 17.8 Å². The van der Waals surface area contributed by atoms with Gasteiger partial charge in [-0.05, 0) is 17.4 Å². The molecular formula is C14H24N+. The summed E-state index contributed by atoms with van der Waals surface area (Å²) in [6, 6.07) is 4.51. The van der Waals surface area contributed by atoms with Gasteiger partial charge in [0.25, 0.3) is 0 Å². The lowest BCUT2D eigenvalue weighted by Crippen LogP contribution is -2.35. The van der Waals surface area contributed by atoms with Crippen molar-refractivity contribution in [2.75, 3.05) is 0 Å². The Kier molecular flexibility index (Phi) is 4.31. The van der Waals surface area contributed by atoms with Crippen LogP contribution >= 0.6 is 0 Å². The molecule has 1 heterocycles. The first kappa shape index (κ1) is 12.2. The van der Waals surface area contributed by atoms with Gasteiger partial charge in [0, 0.05) is 18.1 Å². The molecule has 0 aromatic carbocycles. The normalized spacial score (nSPS) is 13.5. The Morgan fingerprint density at radius 1 is 1.00 bits per heavy atom. The first-order chi connectivity index (χ1) is 7.00. The second-order valence-electron chi connectivity index (χ2n) is 5.25. The van der Waals surface area contributed by atoms with Crippen LogP contribution in [0.25, 0.3) is 0 Å². The standard InChI is InChI=1S/C14H24N/c1-11(2)10-15-8-6-14(7-9-15)13(5)12(3)4/h6-9,11-13H,10H2,1-5H3/q+1. The van der Waals surface area contributed by atoms with E-state index in [2.05, 4.69) is 63.7 Å². The minimum Gasteiger partial charge on any atom is -0.205 e. The van der Waals surface area contributed by atoms with Crippen molar-refractivity contribution in [2.45, 2.75) is 47.1 Å². The van der Waals surface area contributed by atoms with E-state index in [-0.39, 0.29) is 0 Å². The molecule has 1 atom stereocenters. The summed E-state index contributed by atoms with van der Waals surface area (Å²) in [6.07, 6.45) is 4.41. The van der Waals surface area contributed by atoms with Gasteiger partial charge in [0.15, 0.2) is 18.9 Å². The molecule has 1 nitrogen and oxygen atoms in total. The fraction of sp³-hybridized carbons (Fsp3) is 0.643. The Balaban J connectivity index is 2.72. The molecule has 0 saturated carbocycles. The Bertz CT molecular complexity index is 285. The third-order valence-corrected chi connectivity index (χ3v) is 3.02. The first-order valence-corrected chi connectivity index (χ1v) is 5.99. The Labute approximate surface area is 94.1 Å². The van der Waals surface area contributed by atoms with Crippen molar-refractivity contribution in [1.29, 1.82) is 0 Å². The van der Waals surface area contributed by atoms with Gasteiger partial charge in [0.2, 0.25) is 0 Å². The molecule has 0 fully saturated rings. The van der Waals surface area contributed by atoms with Crippen LogP contribution in [0, 0.1) is 11.8 Å². The molecule has 1 unspecified atom stereocenters. The van der Waals surface area contributed by atoms with E-state index >= 15 is 0 Å². The van der Waals surface area contributed by atoms with Crippen LogP contribution in [0.1, 0.15) is 46.1 Å². The highest BCUT2D eigenvalue weighted by Gasteiger charge is 2.11. The van der Waals surface area contributed by atoms with E-state index in [1.165, 1.54) is 5.56 Å². The van der Waals surface area contributed by atoms with Crippen LogP contribution in [0.4, 0.5) is 0 Å². The molecule has 1 aromatic rings. The molecule has 0 spiro atoms. The van der Waals surface area contributed by atoms with E-state index in [1.807, 2.05) is 0 Å². The molecule has 0 bridgehead atoms. The van der Waals surface area contributed by atoms with Gasteiger partial charge in [-0.25, -0.2) is 4.57 Å². The van der Waals surface area contributed by atoms with Crippen LogP contribution in [0.3, 0.4) is 0 Å². The number of hydrogen-bond donors (Lipinski definition) is 0. The maximum absolute atomic E-state index is 2.30. The molecule has 0 radical (unpaired) electrons. The maximum Gasteiger partial charge on any atom is 0.169 e. The quantitative estimate of drug-likeness (QED) is 0.665. The molecule has 0 aliphatic rings. The highest BCUT2D eigenvalue weighted by Crippen LogP contribution is 2.22. The summed E-state index contributed by atoms with van der Waals surface area (Å²) in [7, 11) is 0. The van der Waals surface area contributed by atoms with E-state index in [9.17, 15) is 0 Å². The van der Waals surface area contributed by atoms with Crippen molar-refractivity contribution < 1.29 is 4.57 Å². The van der Waals surface area contributed by atoms with Gasteiger partial charge in [0.05, 0.1) is 0 Å². The Morgan fingerprint density at radius 3 is 1.93 bits per heavy atom. The van der Waals surface area contributed by atoms with Crippen molar-refractivity contribution in [3.8, 4) is 0 Å². The molecular weight excluding hydrogens is 182 g/mol. The molecule has 1 heteroatoms. The molecule has 15 heavy (non-hydrogen) atoms. The van der Waals surface area contributed by atoms with Crippen LogP contribution < -0.4 is 4.57 Å². The summed E-state index contributed by atoms with van der Waals surface area (Å²) >= 11 is 0. The summed E-state index contributed by atoms with van der Waals surface area (Å²) in [5.74, 6) is 2.08. The smallest absolute Gasteiger partial charge is 0.169 e. The number of pyridine rings is 1. The molecule has 1 rings (SSSR count). The predicted octanol–water partition coefficient (Wildman–Crippen LogP) is 3.39. The fourth-order valence-corrected chi connectivity index (χ4v) is 1.70. The highest BCUT2D eigenvalue weighted by molar-refractivity contribution is 5.13. The minimum absolute atomic E-state index is 0.652. The number of aromatic nitrogens is 1. The molecule has 0 aliphatic carbocycles. The second kappa shape index (κ2) is 5.29. The number of nitrogens with zero attached hydrogens (tertiary/aromatic N) is 1. The number of rotatable bonds is 4. The average molecular weight is 206 g/mol. The topological polar surface area (TPSA) is 3.88 Å². The third-order valence-electron chi connectivity index (χ3n) is 3.02. The van der Waals surface area contributed by atoms with E-state index < -0.39 is 0 Å². The van der Waals surface area contributed by atoms with E-state index in [1.54, 1.807) is 0 Å². The van der Waals surface area contributed by atoms with Crippen LogP contribution in [0.15, 0.2) is 24.5 Å². The summed E-state index contributed by atoms with van der Waals surface area (Å²) in [5.41, 5.74) is 1.45. The average Bonchev–Trinajstić information content (AvgIpc) is 2.17. The Hall–Kier alpha value is -0.850. The largest absolute Gasteiger partial charge is 0.205 e. The van der Waals surface area contributed by atoms with Crippen LogP contribution in [0.2, 0.25) is 0 Å². The lowest BCUT2D eigenvalue weighted by Gasteiger charge is -2.14. The molecule has 0 aliphatic heterocycles. The Morgan fingerprint density at radius 2 is 1.53 bits per heavy atom. The zero-order valence-corrected chi connectivity index (χ0v) is 10.7. The van der Waals surface area contributed by atoms with Crippen LogP contribution in [0.5, 0.6) is 0 Å². The van der Waals surface area contributed by atoms with Crippen molar-refractivity contribution in [3.05, 3.63) is 30.1 Å². The SMILES string of the molecule is CC(C)C[n+]1ccc(C(C)C(C)C)cc1. The van der Waals surface area contributed by atoms with Crippen molar-refractivity contribution in [2.24, 2.45) is 11.8 Å². The molecule has 84 valence electrons. The van der Waals surface area contributed by atoms with Gasteiger partial charge in [-0.3, -0.25) is 0 Å².